The van der Waals surface area contributed by atoms with Gasteiger partial charge in [-0.3, -0.25) is 4.90 Å². The van der Waals surface area contributed by atoms with Crippen LogP contribution in [-0.2, 0) is 16.3 Å². The molecule has 2 N–H and O–H groups in total. The second-order valence-corrected chi connectivity index (χ2v) is 6.03. The lowest BCUT2D eigenvalue weighted by molar-refractivity contribution is 0.253. The number of nitrogens with zero attached hydrogens (tertiary/aromatic N) is 1. The number of hydrogen-bond donors (Lipinski definition) is 1. The van der Waals surface area contributed by atoms with Crippen molar-refractivity contribution in [2.75, 3.05) is 11.2 Å². The van der Waals surface area contributed by atoms with E-state index in [1.54, 1.807) is 18.2 Å². The van der Waals surface area contributed by atoms with Crippen LogP contribution in [0.25, 0.3) is 0 Å². The van der Waals surface area contributed by atoms with Crippen molar-refractivity contribution < 1.29 is 13.2 Å². The Morgan fingerprint density at radius 1 is 1.44 bits per heavy atom. The third kappa shape index (κ3) is 1.65. The lowest BCUT2D eigenvalue weighted by atomic mass is 10.2. The number of anilines is 1. The number of sulfone groups is 1. The molecule has 1 aliphatic heterocycles. The van der Waals surface area contributed by atoms with Gasteiger partial charge in [0, 0.05) is 12.7 Å². The maximum Gasteiger partial charge on any atom is 0.320 e. The number of primary amides is 1. The molecular formula is C10H12N2O3S. The van der Waals surface area contributed by atoms with Crippen molar-refractivity contribution in [3.63, 3.8) is 0 Å². The molecule has 86 valence electrons. The molecule has 0 radical (unpaired) electrons. The van der Waals surface area contributed by atoms with Gasteiger partial charge in [0.15, 0.2) is 9.84 Å². The summed E-state index contributed by atoms with van der Waals surface area (Å²) in [4.78, 5) is 12.4. The first kappa shape index (κ1) is 10.9. The first-order chi connectivity index (χ1) is 7.41. The largest absolute Gasteiger partial charge is 0.351 e. The molecule has 16 heavy (non-hydrogen) atoms. The molecular weight excluding hydrogens is 228 g/mol. The molecule has 5 nitrogen and oxygen atoms in total. The molecule has 0 spiro atoms. The predicted octanol–water partition coefficient (Wildman–Crippen LogP) is 0.499. The Balaban J connectivity index is 2.54. The second-order valence-electron chi connectivity index (χ2n) is 3.83. The number of carbonyl (C=O) groups is 1. The molecule has 6 heteroatoms. The van der Waals surface area contributed by atoms with E-state index < -0.39 is 21.2 Å². The first-order valence-electron chi connectivity index (χ1n) is 4.76. The zero-order valence-electron chi connectivity index (χ0n) is 8.75. The van der Waals surface area contributed by atoms with Crippen molar-refractivity contribution in [1.82, 2.24) is 0 Å². The fraction of sp³-hybridized carbons (Fsp3) is 0.300. The number of fused-ring (bicyclic) bond motifs is 1. The van der Waals surface area contributed by atoms with E-state index in [4.69, 9.17) is 5.73 Å². The summed E-state index contributed by atoms with van der Waals surface area (Å²) < 4.78 is 23.1. The highest BCUT2D eigenvalue weighted by Crippen LogP contribution is 2.33. The van der Waals surface area contributed by atoms with Gasteiger partial charge in [-0.25, -0.2) is 13.2 Å². The molecule has 0 aliphatic carbocycles. The van der Waals surface area contributed by atoms with Gasteiger partial charge in [0.1, 0.15) is 5.37 Å². The highest BCUT2D eigenvalue weighted by molar-refractivity contribution is 7.91. The van der Waals surface area contributed by atoms with E-state index in [0.717, 1.165) is 16.7 Å². The van der Waals surface area contributed by atoms with Gasteiger partial charge in [0.25, 0.3) is 0 Å². The van der Waals surface area contributed by atoms with Crippen LogP contribution in [0.5, 0.6) is 0 Å². The van der Waals surface area contributed by atoms with Crippen LogP contribution in [0.3, 0.4) is 0 Å². The smallest absolute Gasteiger partial charge is 0.320 e. The van der Waals surface area contributed by atoms with Gasteiger partial charge in [-0.15, -0.1) is 0 Å². The Hall–Kier alpha value is -1.56. The van der Waals surface area contributed by atoms with E-state index in [9.17, 15) is 13.2 Å². The van der Waals surface area contributed by atoms with Crippen LogP contribution in [0, 0.1) is 0 Å². The van der Waals surface area contributed by atoms with Gasteiger partial charge in [0.2, 0.25) is 0 Å². The van der Waals surface area contributed by atoms with E-state index >= 15 is 0 Å². The highest BCUT2D eigenvalue weighted by Gasteiger charge is 2.38. The van der Waals surface area contributed by atoms with Crippen molar-refractivity contribution in [3.8, 4) is 0 Å². The molecule has 1 heterocycles. The fourth-order valence-electron chi connectivity index (χ4n) is 1.96. The van der Waals surface area contributed by atoms with Crippen LogP contribution >= 0.6 is 0 Å². The molecule has 1 unspecified atom stereocenters. The van der Waals surface area contributed by atoms with Crippen molar-refractivity contribution in [1.29, 1.82) is 0 Å². The molecule has 0 saturated carbocycles. The van der Waals surface area contributed by atoms with Gasteiger partial charge in [-0.05, 0) is 11.6 Å². The van der Waals surface area contributed by atoms with Crippen molar-refractivity contribution in [2.24, 2.45) is 5.73 Å². The number of urea groups is 1. The number of rotatable bonds is 1. The normalized spacial score (nSPS) is 19.6. The van der Waals surface area contributed by atoms with Gasteiger partial charge in [0.05, 0.1) is 5.69 Å². The van der Waals surface area contributed by atoms with E-state index in [1.807, 2.05) is 6.07 Å². The maximum absolute atomic E-state index is 11.6. The van der Waals surface area contributed by atoms with Crippen LogP contribution in [0.2, 0.25) is 0 Å². The van der Waals surface area contributed by atoms with Crippen LogP contribution in [0.15, 0.2) is 24.3 Å². The summed E-state index contributed by atoms with van der Waals surface area (Å²) in [5.41, 5.74) is 6.64. The number of hydrogen-bond acceptors (Lipinski definition) is 3. The van der Waals surface area contributed by atoms with E-state index in [-0.39, 0.29) is 0 Å². The van der Waals surface area contributed by atoms with Crippen LogP contribution in [0.1, 0.15) is 5.56 Å². The van der Waals surface area contributed by atoms with Gasteiger partial charge in [-0.2, -0.15) is 0 Å². The summed E-state index contributed by atoms with van der Waals surface area (Å²) in [7, 11) is -3.34. The molecule has 1 aliphatic rings. The summed E-state index contributed by atoms with van der Waals surface area (Å²) in [5.74, 6) is 0. The Morgan fingerprint density at radius 3 is 2.62 bits per heavy atom. The SMILES string of the molecule is CS(=O)(=O)C1Cc2ccccc2N1C(N)=O. The summed E-state index contributed by atoms with van der Waals surface area (Å²) in [6.45, 7) is 0. The van der Waals surface area contributed by atoms with Crippen LogP contribution in [-0.4, -0.2) is 26.1 Å². The Morgan fingerprint density at radius 2 is 2.06 bits per heavy atom. The summed E-state index contributed by atoms with van der Waals surface area (Å²) in [6, 6.07) is 6.32. The molecule has 0 bridgehead atoms. The summed E-state index contributed by atoms with van der Waals surface area (Å²) >= 11 is 0. The minimum Gasteiger partial charge on any atom is -0.351 e. The molecule has 0 fully saturated rings. The average molecular weight is 240 g/mol. The van der Waals surface area contributed by atoms with E-state index in [1.165, 1.54) is 0 Å². The van der Waals surface area contributed by atoms with Gasteiger partial charge >= 0.3 is 6.03 Å². The van der Waals surface area contributed by atoms with Crippen molar-refractivity contribution in [2.45, 2.75) is 11.8 Å². The standard InChI is InChI=1S/C10H12N2O3S/c1-16(14,15)9-6-7-4-2-3-5-8(7)12(9)10(11)13/h2-5,9H,6H2,1H3,(H2,11,13). The second kappa shape index (κ2) is 3.48. The van der Waals surface area contributed by atoms with E-state index in [2.05, 4.69) is 0 Å². The predicted molar refractivity (Wildman–Crippen MR) is 60.8 cm³/mol. The van der Waals surface area contributed by atoms with Crippen molar-refractivity contribution in [3.05, 3.63) is 29.8 Å². The number of carbonyl (C=O) groups excluding carboxylic acids is 1. The number of nitrogens with two attached hydrogens (primary N) is 1. The van der Waals surface area contributed by atoms with Crippen molar-refractivity contribution >= 4 is 21.6 Å². The minimum atomic E-state index is -3.34. The monoisotopic (exact) mass is 240 g/mol. The maximum atomic E-state index is 11.6. The minimum absolute atomic E-state index is 0.304. The van der Waals surface area contributed by atoms with Gasteiger partial charge in [-0.1, -0.05) is 18.2 Å². The van der Waals surface area contributed by atoms with Crippen LogP contribution < -0.4 is 10.6 Å². The quantitative estimate of drug-likeness (QED) is 0.776. The summed E-state index contributed by atoms with van der Waals surface area (Å²) in [6.07, 6.45) is 1.41. The first-order valence-corrected chi connectivity index (χ1v) is 6.72. The number of amides is 2. The highest BCUT2D eigenvalue weighted by atomic mass is 32.2. The third-order valence-corrected chi connectivity index (χ3v) is 4.03. The zero-order chi connectivity index (χ0) is 11.9. The number of benzene rings is 1. The Kier molecular flexibility index (Phi) is 2.38. The molecule has 1 aromatic rings. The van der Waals surface area contributed by atoms with Gasteiger partial charge < -0.3 is 5.73 Å². The number of para-hydroxylation sites is 1. The zero-order valence-corrected chi connectivity index (χ0v) is 9.57. The average Bonchev–Trinajstić information content (AvgIpc) is 2.55. The Labute approximate surface area is 93.8 Å². The Bertz CT molecular complexity index is 539. The summed E-state index contributed by atoms with van der Waals surface area (Å²) in [5, 5.41) is -0.873. The van der Waals surface area contributed by atoms with Crippen LogP contribution in [0.4, 0.5) is 10.5 Å². The van der Waals surface area contributed by atoms with E-state index in [0.29, 0.717) is 12.1 Å². The lowest BCUT2D eigenvalue weighted by Crippen LogP contribution is -2.45. The lowest BCUT2D eigenvalue weighted by Gasteiger charge is -2.21. The molecule has 2 amide bonds. The molecule has 0 aromatic heterocycles. The third-order valence-electron chi connectivity index (χ3n) is 2.67. The molecule has 1 atom stereocenters. The molecule has 2 rings (SSSR count). The fourth-order valence-corrected chi connectivity index (χ4v) is 3.04. The molecule has 0 saturated heterocycles. The molecule has 1 aromatic carbocycles. The topological polar surface area (TPSA) is 80.5 Å².